The van der Waals surface area contributed by atoms with E-state index in [0.717, 1.165) is 25.7 Å². The number of hydrogen-bond acceptors (Lipinski definition) is 5. The molecule has 2 N–H and O–H groups in total. The lowest BCUT2D eigenvalue weighted by molar-refractivity contribution is 0.0399. The van der Waals surface area contributed by atoms with Crippen LogP contribution in [0.15, 0.2) is 18.2 Å². The molecule has 1 amide bonds. The molecule has 1 fully saturated rings. The van der Waals surface area contributed by atoms with E-state index in [1.165, 1.54) is 0 Å². The number of ether oxygens (including phenoxy) is 3. The maximum Gasteiger partial charge on any atom is 0.408 e. The van der Waals surface area contributed by atoms with Crippen molar-refractivity contribution in [1.82, 2.24) is 5.32 Å². The van der Waals surface area contributed by atoms with Crippen molar-refractivity contribution in [3.63, 3.8) is 0 Å². The zero-order valence-electron chi connectivity index (χ0n) is 15.5. The molecule has 1 saturated carbocycles. The number of benzene rings is 1. The quantitative estimate of drug-likeness (QED) is 0.850. The van der Waals surface area contributed by atoms with E-state index in [2.05, 4.69) is 5.32 Å². The van der Waals surface area contributed by atoms with E-state index in [9.17, 15) is 9.90 Å². The highest BCUT2D eigenvalue weighted by Gasteiger charge is 2.30. The van der Waals surface area contributed by atoms with E-state index in [1.807, 2.05) is 20.8 Å². The molecule has 2 rings (SSSR count). The summed E-state index contributed by atoms with van der Waals surface area (Å²) in [6.07, 6.45) is 3.19. The highest BCUT2D eigenvalue weighted by molar-refractivity contribution is 5.68. The number of methoxy groups -OCH3 is 1. The van der Waals surface area contributed by atoms with Crippen LogP contribution in [0.5, 0.6) is 11.5 Å². The van der Waals surface area contributed by atoms with Crippen molar-refractivity contribution in [3.8, 4) is 11.5 Å². The number of nitrogens with one attached hydrogen (secondary N) is 1. The molecule has 0 heterocycles. The monoisotopic (exact) mass is 351 g/mol. The maximum atomic E-state index is 12.1. The Morgan fingerprint density at radius 1 is 1.28 bits per heavy atom. The Morgan fingerprint density at radius 3 is 2.64 bits per heavy atom. The van der Waals surface area contributed by atoms with Crippen LogP contribution in [-0.2, 0) is 11.3 Å². The highest BCUT2D eigenvalue weighted by Crippen LogP contribution is 2.29. The molecule has 0 aromatic heterocycles. The Hall–Kier alpha value is -1.95. The van der Waals surface area contributed by atoms with Crippen molar-refractivity contribution in [2.45, 2.75) is 70.8 Å². The number of carbonyl (C=O) groups is 1. The Kier molecular flexibility index (Phi) is 6.53. The number of rotatable bonds is 5. The zero-order chi connectivity index (χ0) is 18.4. The normalized spacial score (nSPS) is 20.7. The Morgan fingerprint density at radius 2 is 2.00 bits per heavy atom. The lowest BCUT2D eigenvalue weighted by Gasteiger charge is -2.33. The van der Waals surface area contributed by atoms with Crippen LogP contribution >= 0.6 is 0 Å². The first kappa shape index (κ1) is 19.4. The first-order valence-electron chi connectivity index (χ1n) is 8.76. The molecule has 0 bridgehead atoms. The molecule has 25 heavy (non-hydrogen) atoms. The van der Waals surface area contributed by atoms with E-state index in [0.29, 0.717) is 17.1 Å². The minimum absolute atomic E-state index is 0.114. The van der Waals surface area contributed by atoms with Gasteiger partial charge in [-0.1, -0.05) is 6.42 Å². The number of carbonyl (C=O) groups excluding carboxylic acids is 1. The van der Waals surface area contributed by atoms with Gasteiger partial charge in [0.1, 0.15) is 23.2 Å². The molecule has 0 saturated heterocycles. The molecular formula is C19H29NO5. The van der Waals surface area contributed by atoms with E-state index >= 15 is 0 Å². The second kappa shape index (κ2) is 8.43. The van der Waals surface area contributed by atoms with Gasteiger partial charge in [-0.3, -0.25) is 0 Å². The molecule has 0 radical (unpaired) electrons. The van der Waals surface area contributed by atoms with Crippen molar-refractivity contribution in [2.75, 3.05) is 7.11 Å². The Balaban J connectivity index is 2.07. The van der Waals surface area contributed by atoms with Crippen LogP contribution in [0.3, 0.4) is 0 Å². The summed E-state index contributed by atoms with van der Waals surface area (Å²) < 4.78 is 16.7. The van der Waals surface area contributed by atoms with Crippen molar-refractivity contribution in [3.05, 3.63) is 23.8 Å². The number of aliphatic hydroxyl groups excluding tert-OH is 1. The van der Waals surface area contributed by atoms with Crippen LogP contribution in [0.4, 0.5) is 4.79 Å². The van der Waals surface area contributed by atoms with Gasteiger partial charge in [0.25, 0.3) is 0 Å². The van der Waals surface area contributed by atoms with E-state index in [4.69, 9.17) is 14.2 Å². The van der Waals surface area contributed by atoms with Gasteiger partial charge in [-0.05, 0) is 58.2 Å². The fraction of sp³-hybridized carbons (Fsp3) is 0.632. The highest BCUT2D eigenvalue weighted by atomic mass is 16.6. The topological polar surface area (TPSA) is 77.0 Å². The van der Waals surface area contributed by atoms with Gasteiger partial charge in [0.15, 0.2) is 0 Å². The lowest BCUT2D eigenvalue weighted by atomic mass is 9.92. The molecular weight excluding hydrogens is 322 g/mol. The van der Waals surface area contributed by atoms with Crippen LogP contribution in [0, 0.1) is 0 Å². The molecule has 1 aliphatic rings. The van der Waals surface area contributed by atoms with Gasteiger partial charge < -0.3 is 24.6 Å². The molecule has 0 aliphatic heterocycles. The van der Waals surface area contributed by atoms with Gasteiger partial charge in [0, 0.05) is 5.56 Å². The van der Waals surface area contributed by atoms with Gasteiger partial charge >= 0.3 is 6.09 Å². The van der Waals surface area contributed by atoms with Crippen LogP contribution in [0.2, 0.25) is 0 Å². The Bertz CT molecular complexity index is 582. The van der Waals surface area contributed by atoms with Gasteiger partial charge in [-0.2, -0.15) is 0 Å². The third kappa shape index (κ3) is 5.81. The van der Waals surface area contributed by atoms with E-state index in [1.54, 1.807) is 25.3 Å². The summed E-state index contributed by atoms with van der Waals surface area (Å²) in [6.45, 7) is 5.38. The minimum atomic E-state index is -0.533. The summed E-state index contributed by atoms with van der Waals surface area (Å²) in [4.78, 5) is 12.1. The van der Waals surface area contributed by atoms with Gasteiger partial charge in [-0.15, -0.1) is 0 Å². The van der Waals surface area contributed by atoms with Gasteiger partial charge in [0.05, 0.1) is 19.8 Å². The number of hydrogen-bond donors (Lipinski definition) is 2. The number of amides is 1. The molecule has 6 heteroatoms. The van der Waals surface area contributed by atoms with Crippen molar-refractivity contribution < 1.29 is 24.1 Å². The predicted octanol–water partition coefficient (Wildman–Crippen LogP) is 3.40. The van der Waals surface area contributed by atoms with Crippen molar-refractivity contribution >= 4 is 6.09 Å². The summed E-state index contributed by atoms with van der Waals surface area (Å²) >= 11 is 0. The third-order valence-corrected chi connectivity index (χ3v) is 4.12. The molecule has 1 aromatic carbocycles. The molecule has 2 atom stereocenters. The summed E-state index contributed by atoms with van der Waals surface area (Å²) in [5, 5.41) is 12.5. The fourth-order valence-electron chi connectivity index (χ4n) is 2.95. The van der Waals surface area contributed by atoms with Gasteiger partial charge in [-0.25, -0.2) is 4.79 Å². The smallest absolute Gasteiger partial charge is 0.408 e. The average Bonchev–Trinajstić information content (AvgIpc) is 2.55. The first-order chi connectivity index (χ1) is 11.8. The molecule has 6 nitrogen and oxygen atoms in total. The summed E-state index contributed by atoms with van der Waals surface area (Å²) in [5.41, 5.74) is 0.135. The zero-order valence-corrected chi connectivity index (χ0v) is 15.5. The van der Waals surface area contributed by atoms with Gasteiger partial charge in [0.2, 0.25) is 0 Å². The SMILES string of the molecule is COc1ccc(O[C@H]2CCCC[C@H]2NC(=O)OC(C)(C)C)c(CO)c1. The predicted molar refractivity (Wildman–Crippen MR) is 95.0 cm³/mol. The molecule has 1 aliphatic carbocycles. The summed E-state index contributed by atoms with van der Waals surface area (Å²) in [5.74, 6) is 1.29. The van der Waals surface area contributed by atoms with Crippen LogP contribution in [-0.4, -0.2) is 36.1 Å². The van der Waals surface area contributed by atoms with Crippen LogP contribution in [0.1, 0.15) is 52.0 Å². The van der Waals surface area contributed by atoms with E-state index in [-0.39, 0.29) is 18.8 Å². The lowest BCUT2D eigenvalue weighted by Crippen LogP contribution is -2.49. The molecule has 140 valence electrons. The van der Waals surface area contributed by atoms with Crippen molar-refractivity contribution in [2.24, 2.45) is 0 Å². The average molecular weight is 351 g/mol. The molecule has 0 spiro atoms. The third-order valence-electron chi connectivity index (χ3n) is 4.12. The van der Waals surface area contributed by atoms with Crippen LogP contribution < -0.4 is 14.8 Å². The minimum Gasteiger partial charge on any atom is -0.497 e. The fourth-order valence-corrected chi connectivity index (χ4v) is 2.95. The summed E-state index contributed by atoms with van der Waals surface area (Å²) in [6, 6.07) is 5.24. The molecule has 1 aromatic rings. The second-order valence-electron chi connectivity index (χ2n) is 7.33. The Labute approximate surface area is 149 Å². The maximum absolute atomic E-state index is 12.1. The van der Waals surface area contributed by atoms with Crippen molar-refractivity contribution in [1.29, 1.82) is 0 Å². The number of alkyl carbamates (subject to hydrolysis) is 1. The molecule has 0 unspecified atom stereocenters. The standard InChI is InChI=1S/C19H29NO5/c1-19(2,3)25-18(22)20-15-7-5-6-8-17(15)24-16-10-9-14(23-4)11-13(16)12-21/h9-11,15,17,21H,5-8,12H2,1-4H3,(H,20,22)/t15-,17+/m1/s1. The second-order valence-corrected chi connectivity index (χ2v) is 7.33. The van der Waals surface area contributed by atoms with E-state index < -0.39 is 11.7 Å². The first-order valence-corrected chi connectivity index (χ1v) is 8.76. The number of aliphatic hydroxyl groups is 1. The summed E-state index contributed by atoms with van der Waals surface area (Å²) in [7, 11) is 1.58. The van der Waals surface area contributed by atoms with Crippen LogP contribution in [0.25, 0.3) is 0 Å². The largest absolute Gasteiger partial charge is 0.497 e.